The number of aliphatic hydroxyl groups is 1. The van der Waals surface area contributed by atoms with Crippen molar-refractivity contribution in [1.82, 2.24) is 0 Å². The second-order valence-corrected chi connectivity index (χ2v) is 3.87. The molecule has 0 aromatic rings. The molecule has 0 spiro atoms. The minimum absolute atomic E-state index is 0.0143. The number of hydrogen-bond acceptors (Lipinski definition) is 3. The molecule has 2 atom stereocenters. The van der Waals surface area contributed by atoms with Gasteiger partial charge in [0.25, 0.3) is 0 Å². The largest absolute Gasteiger partial charge is 0.385 e. The van der Waals surface area contributed by atoms with Crippen LogP contribution in [0.4, 0.5) is 0 Å². The summed E-state index contributed by atoms with van der Waals surface area (Å²) in [5.74, 6) is 0.160. The molecule has 3 heteroatoms. The van der Waals surface area contributed by atoms with Crippen molar-refractivity contribution in [1.29, 1.82) is 0 Å². The van der Waals surface area contributed by atoms with Gasteiger partial charge in [-0.3, -0.25) is 4.79 Å². The molecule has 13 heavy (non-hydrogen) atoms. The second-order valence-electron chi connectivity index (χ2n) is 3.87. The van der Waals surface area contributed by atoms with Gasteiger partial charge < -0.3 is 9.84 Å². The average molecular weight is 186 g/mol. The summed E-state index contributed by atoms with van der Waals surface area (Å²) in [5, 5.41) is 9.54. The molecular weight excluding hydrogens is 168 g/mol. The Hall–Kier alpha value is -0.410. The maximum absolute atomic E-state index is 11.5. The van der Waals surface area contributed by atoms with E-state index in [-0.39, 0.29) is 17.6 Å². The molecule has 1 aliphatic rings. The van der Waals surface area contributed by atoms with Crippen molar-refractivity contribution in [3.05, 3.63) is 0 Å². The van der Waals surface area contributed by atoms with Crippen molar-refractivity contribution in [2.45, 2.75) is 32.3 Å². The number of rotatable bonds is 6. The minimum atomic E-state index is -0.716. The Morgan fingerprint density at radius 2 is 2.23 bits per heavy atom. The smallest absolute Gasteiger partial charge is 0.164 e. The molecule has 2 unspecified atom stereocenters. The van der Waals surface area contributed by atoms with Gasteiger partial charge in [-0.2, -0.15) is 0 Å². The first kappa shape index (κ1) is 10.7. The van der Waals surface area contributed by atoms with Crippen LogP contribution in [0.5, 0.6) is 0 Å². The van der Waals surface area contributed by atoms with Crippen molar-refractivity contribution in [2.24, 2.45) is 11.8 Å². The van der Waals surface area contributed by atoms with Gasteiger partial charge >= 0.3 is 0 Å². The number of methoxy groups -OCH3 is 1. The van der Waals surface area contributed by atoms with Gasteiger partial charge in [0.05, 0.1) is 0 Å². The predicted octanol–water partition coefficient (Wildman–Crippen LogP) is 0.999. The highest BCUT2D eigenvalue weighted by molar-refractivity contribution is 5.85. The molecule has 1 aliphatic carbocycles. The van der Waals surface area contributed by atoms with Crippen LogP contribution in [0.1, 0.15) is 26.2 Å². The van der Waals surface area contributed by atoms with Gasteiger partial charge in [0, 0.05) is 19.6 Å². The molecular formula is C10H18O3. The standard InChI is InChI=1S/C10H18O3/c1-7(5-6-13-2)9(11)10(12)8-3-4-8/h7-8,10,12H,3-6H2,1-2H3. The summed E-state index contributed by atoms with van der Waals surface area (Å²) in [5.41, 5.74) is 0. The van der Waals surface area contributed by atoms with Crippen LogP contribution in [0.3, 0.4) is 0 Å². The summed E-state index contributed by atoms with van der Waals surface area (Å²) in [7, 11) is 1.62. The number of ether oxygens (including phenoxy) is 1. The maximum Gasteiger partial charge on any atom is 0.164 e. The van der Waals surface area contributed by atoms with E-state index in [9.17, 15) is 9.90 Å². The van der Waals surface area contributed by atoms with Crippen molar-refractivity contribution < 1.29 is 14.6 Å². The van der Waals surface area contributed by atoms with Crippen LogP contribution in [0.25, 0.3) is 0 Å². The van der Waals surface area contributed by atoms with Gasteiger partial charge in [-0.05, 0) is 25.2 Å². The van der Waals surface area contributed by atoms with Gasteiger partial charge in [0.15, 0.2) is 5.78 Å². The van der Waals surface area contributed by atoms with Crippen molar-refractivity contribution in [3.8, 4) is 0 Å². The molecule has 1 fully saturated rings. The summed E-state index contributed by atoms with van der Waals surface area (Å²) >= 11 is 0. The highest BCUT2D eigenvalue weighted by atomic mass is 16.5. The van der Waals surface area contributed by atoms with E-state index in [1.165, 1.54) is 0 Å². The molecule has 1 N–H and O–H groups in total. The summed E-state index contributed by atoms with van der Waals surface area (Å²) in [6, 6.07) is 0. The van der Waals surface area contributed by atoms with E-state index in [0.717, 1.165) is 12.8 Å². The van der Waals surface area contributed by atoms with Crippen LogP contribution >= 0.6 is 0 Å². The van der Waals surface area contributed by atoms with Crippen LogP contribution in [0, 0.1) is 11.8 Å². The number of ketones is 1. The monoisotopic (exact) mass is 186 g/mol. The van der Waals surface area contributed by atoms with Gasteiger partial charge in [-0.1, -0.05) is 6.92 Å². The van der Waals surface area contributed by atoms with Gasteiger partial charge in [0.1, 0.15) is 6.10 Å². The third kappa shape index (κ3) is 3.08. The highest BCUT2D eigenvalue weighted by Crippen LogP contribution is 2.34. The minimum Gasteiger partial charge on any atom is -0.385 e. The lowest BCUT2D eigenvalue weighted by atomic mass is 9.96. The number of Topliss-reactive ketones (excluding diaryl/α,β-unsaturated/α-hetero) is 1. The molecule has 0 aromatic heterocycles. The molecule has 0 radical (unpaired) electrons. The normalized spacial score (nSPS) is 21.2. The van der Waals surface area contributed by atoms with Crippen LogP contribution in [-0.4, -0.2) is 30.7 Å². The first-order valence-electron chi connectivity index (χ1n) is 4.87. The van der Waals surface area contributed by atoms with Crippen LogP contribution < -0.4 is 0 Å². The van der Waals surface area contributed by atoms with E-state index < -0.39 is 6.10 Å². The zero-order valence-electron chi connectivity index (χ0n) is 8.32. The molecule has 0 aromatic carbocycles. The molecule has 1 rings (SSSR count). The topological polar surface area (TPSA) is 46.5 Å². The lowest BCUT2D eigenvalue weighted by Gasteiger charge is -2.14. The Bertz CT molecular complexity index is 175. The fraction of sp³-hybridized carbons (Fsp3) is 0.900. The number of aliphatic hydroxyl groups excluding tert-OH is 1. The summed E-state index contributed by atoms with van der Waals surface area (Å²) in [4.78, 5) is 11.5. The molecule has 0 amide bonds. The van der Waals surface area contributed by atoms with E-state index in [1.807, 2.05) is 6.92 Å². The van der Waals surface area contributed by atoms with E-state index in [0.29, 0.717) is 13.0 Å². The summed E-state index contributed by atoms with van der Waals surface area (Å²) in [6.45, 7) is 2.44. The molecule has 1 saturated carbocycles. The van der Waals surface area contributed by atoms with Crippen LogP contribution in [0.15, 0.2) is 0 Å². The average Bonchev–Trinajstić information content (AvgIpc) is 2.94. The van der Waals surface area contributed by atoms with E-state index in [1.54, 1.807) is 7.11 Å². The number of hydrogen-bond donors (Lipinski definition) is 1. The quantitative estimate of drug-likeness (QED) is 0.673. The second kappa shape index (κ2) is 4.72. The lowest BCUT2D eigenvalue weighted by Crippen LogP contribution is -2.28. The van der Waals surface area contributed by atoms with Crippen LogP contribution in [0.2, 0.25) is 0 Å². The van der Waals surface area contributed by atoms with Gasteiger partial charge in [-0.15, -0.1) is 0 Å². The molecule has 76 valence electrons. The Morgan fingerprint density at radius 3 is 2.69 bits per heavy atom. The SMILES string of the molecule is COCCC(C)C(=O)C(O)C1CC1. The van der Waals surface area contributed by atoms with Crippen molar-refractivity contribution in [3.63, 3.8) is 0 Å². The lowest BCUT2D eigenvalue weighted by molar-refractivity contribution is -0.132. The molecule has 0 saturated heterocycles. The Balaban J connectivity index is 2.27. The first-order chi connectivity index (χ1) is 6.16. The molecule has 3 nitrogen and oxygen atoms in total. The van der Waals surface area contributed by atoms with Gasteiger partial charge in [-0.25, -0.2) is 0 Å². The number of carbonyl (C=O) groups is 1. The zero-order valence-corrected chi connectivity index (χ0v) is 8.32. The molecule has 0 bridgehead atoms. The summed E-state index contributed by atoms with van der Waals surface area (Å²) < 4.78 is 4.88. The predicted molar refractivity (Wildman–Crippen MR) is 49.4 cm³/mol. The van der Waals surface area contributed by atoms with E-state index >= 15 is 0 Å². The van der Waals surface area contributed by atoms with E-state index in [2.05, 4.69) is 0 Å². The Labute approximate surface area is 79.1 Å². The van der Waals surface area contributed by atoms with Gasteiger partial charge in [0.2, 0.25) is 0 Å². The fourth-order valence-electron chi connectivity index (χ4n) is 1.37. The Kier molecular flexibility index (Phi) is 3.88. The third-order valence-electron chi connectivity index (χ3n) is 2.60. The third-order valence-corrected chi connectivity index (χ3v) is 2.60. The molecule has 0 heterocycles. The zero-order chi connectivity index (χ0) is 9.84. The summed E-state index contributed by atoms with van der Waals surface area (Å²) in [6.07, 6.45) is 2.00. The fourth-order valence-corrected chi connectivity index (χ4v) is 1.37. The number of carbonyl (C=O) groups excluding carboxylic acids is 1. The van der Waals surface area contributed by atoms with Crippen molar-refractivity contribution >= 4 is 5.78 Å². The molecule has 0 aliphatic heterocycles. The maximum atomic E-state index is 11.5. The van der Waals surface area contributed by atoms with Crippen LogP contribution in [-0.2, 0) is 9.53 Å². The van der Waals surface area contributed by atoms with E-state index in [4.69, 9.17) is 4.74 Å². The first-order valence-corrected chi connectivity index (χ1v) is 4.87. The highest BCUT2D eigenvalue weighted by Gasteiger charge is 2.36. The van der Waals surface area contributed by atoms with Crippen molar-refractivity contribution in [2.75, 3.05) is 13.7 Å². The Morgan fingerprint density at radius 1 is 1.62 bits per heavy atom.